The van der Waals surface area contributed by atoms with Crippen LogP contribution in [0.3, 0.4) is 0 Å². The van der Waals surface area contributed by atoms with Crippen molar-refractivity contribution in [2.45, 2.75) is 41.9 Å². The minimum absolute atomic E-state index is 0.0393. The van der Waals surface area contributed by atoms with Gasteiger partial charge in [0.25, 0.3) is 5.69 Å². The highest BCUT2D eigenvalue weighted by Crippen LogP contribution is 2.26. The van der Waals surface area contributed by atoms with Crippen LogP contribution < -0.4 is 5.32 Å². The van der Waals surface area contributed by atoms with Gasteiger partial charge in [-0.05, 0) is 38.4 Å². The Morgan fingerprint density at radius 1 is 1.32 bits per heavy atom. The minimum Gasteiger partial charge on any atom is -0.317 e. The van der Waals surface area contributed by atoms with Crippen LogP contribution in [-0.4, -0.2) is 27.5 Å². The van der Waals surface area contributed by atoms with E-state index in [1.54, 1.807) is 12.1 Å². The van der Waals surface area contributed by atoms with Crippen LogP contribution in [-0.2, 0) is 10.8 Å². The van der Waals surface area contributed by atoms with Crippen LogP contribution in [0.15, 0.2) is 29.2 Å². The third kappa shape index (κ3) is 3.39. The van der Waals surface area contributed by atoms with Crippen LogP contribution in [0.25, 0.3) is 0 Å². The van der Waals surface area contributed by atoms with Crippen LogP contribution in [0.2, 0.25) is 0 Å². The number of nitro groups is 1. The van der Waals surface area contributed by atoms with E-state index in [1.807, 2.05) is 7.05 Å². The smallest absolute Gasteiger partial charge is 0.269 e. The molecule has 0 aliphatic heterocycles. The molecular formula is C13H18N2O3S. The van der Waals surface area contributed by atoms with Crippen LogP contribution in [0.4, 0.5) is 5.69 Å². The van der Waals surface area contributed by atoms with Crippen molar-refractivity contribution in [3.63, 3.8) is 0 Å². The molecule has 1 aliphatic rings. The van der Waals surface area contributed by atoms with Crippen molar-refractivity contribution in [2.75, 3.05) is 7.05 Å². The second-order valence-electron chi connectivity index (χ2n) is 4.82. The van der Waals surface area contributed by atoms with Crippen LogP contribution in [0.5, 0.6) is 0 Å². The predicted octanol–water partition coefficient (Wildman–Crippen LogP) is 2.23. The summed E-state index contributed by atoms with van der Waals surface area (Å²) in [6.07, 6.45) is 4.07. The predicted molar refractivity (Wildman–Crippen MR) is 74.6 cm³/mol. The fourth-order valence-electron chi connectivity index (χ4n) is 2.50. The quantitative estimate of drug-likeness (QED) is 0.679. The van der Waals surface area contributed by atoms with Gasteiger partial charge >= 0.3 is 0 Å². The average molecular weight is 282 g/mol. The highest BCUT2D eigenvalue weighted by Gasteiger charge is 2.26. The van der Waals surface area contributed by atoms with Gasteiger partial charge in [-0.2, -0.15) is 0 Å². The molecule has 104 valence electrons. The van der Waals surface area contributed by atoms with Crippen LogP contribution in [0, 0.1) is 10.1 Å². The fraction of sp³-hybridized carbons (Fsp3) is 0.538. The van der Waals surface area contributed by atoms with Gasteiger partial charge in [0, 0.05) is 28.3 Å². The molecule has 1 aromatic rings. The van der Waals surface area contributed by atoms with E-state index in [1.165, 1.54) is 12.1 Å². The third-order valence-electron chi connectivity index (χ3n) is 3.62. The summed E-state index contributed by atoms with van der Waals surface area (Å²) in [6.45, 7) is 0. The molecule has 1 N–H and O–H groups in total. The van der Waals surface area contributed by atoms with E-state index in [0.29, 0.717) is 10.9 Å². The first-order chi connectivity index (χ1) is 9.11. The van der Waals surface area contributed by atoms with E-state index in [0.717, 1.165) is 25.7 Å². The summed E-state index contributed by atoms with van der Waals surface area (Å²) < 4.78 is 12.5. The van der Waals surface area contributed by atoms with E-state index < -0.39 is 15.7 Å². The van der Waals surface area contributed by atoms with Crippen molar-refractivity contribution in [2.24, 2.45) is 0 Å². The molecule has 1 saturated carbocycles. The maximum absolute atomic E-state index is 12.5. The second-order valence-corrected chi connectivity index (χ2v) is 6.56. The summed E-state index contributed by atoms with van der Waals surface area (Å²) in [5.74, 6) is 0. The van der Waals surface area contributed by atoms with Crippen LogP contribution >= 0.6 is 0 Å². The largest absolute Gasteiger partial charge is 0.317 e. The molecule has 0 amide bonds. The summed E-state index contributed by atoms with van der Waals surface area (Å²) in [4.78, 5) is 10.8. The Hall–Kier alpha value is -1.27. The maximum atomic E-state index is 12.5. The number of non-ortho nitro benzene ring substituents is 1. The second kappa shape index (κ2) is 6.25. The summed E-state index contributed by atoms with van der Waals surface area (Å²) in [5, 5.41) is 14.0. The Kier molecular flexibility index (Phi) is 4.66. The molecule has 1 aliphatic carbocycles. The summed E-state index contributed by atoms with van der Waals surface area (Å²) in [7, 11) is 0.856. The lowest BCUT2D eigenvalue weighted by Gasteiger charge is -2.28. The molecule has 6 heteroatoms. The SMILES string of the molecule is CNC1CCCC(S(=O)c2ccc([N+](=O)[O-])cc2)C1. The van der Waals surface area contributed by atoms with E-state index in [-0.39, 0.29) is 10.9 Å². The zero-order chi connectivity index (χ0) is 13.8. The zero-order valence-electron chi connectivity index (χ0n) is 10.9. The van der Waals surface area contributed by atoms with Crippen molar-refractivity contribution in [1.82, 2.24) is 5.32 Å². The molecular weight excluding hydrogens is 264 g/mol. The van der Waals surface area contributed by atoms with Crippen molar-refractivity contribution >= 4 is 16.5 Å². The number of nitrogens with one attached hydrogen (secondary N) is 1. The lowest BCUT2D eigenvalue weighted by atomic mass is 9.95. The third-order valence-corrected chi connectivity index (χ3v) is 5.39. The number of hydrogen-bond acceptors (Lipinski definition) is 4. The highest BCUT2D eigenvalue weighted by atomic mass is 32.2. The van der Waals surface area contributed by atoms with Gasteiger partial charge in [-0.15, -0.1) is 0 Å². The first-order valence-electron chi connectivity index (χ1n) is 6.44. The molecule has 0 radical (unpaired) electrons. The molecule has 0 aromatic heterocycles. The highest BCUT2D eigenvalue weighted by molar-refractivity contribution is 7.85. The molecule has 0 saturated heterocycles. The van der Waals surface area contributed by atoms with Gasteiger partial charge in [-0.1, -0.05) is 6.42 Å². The Labute approximate surface area is 115 Å². The van der Waals surface area contributed by atoms with Gasteiger partial charge in [-0.3, -0.25) is 14.3 Å². The van der Waals surface area contributed by atoms with Crippen LogP contribution in [0.1, 0.15) is 25.7 Å². The van der Waals surface area contributed by atoms with Gasteiger partial charge in [0.1, 0.15) is 0 Å². The molecule has 0 heterocycles. The summed E-state index contributed by atoms with van der Waals surface area (Å²) >= 11 is 0. The number of benzene rings is 1. The minimum atomic E-state index is -1.08. The van der Waals surface area contributed by atoms with Crippen molar-refractivity contribution in [3.8, 4) is 0 Å². The van der Waals surface area contributed by atoms with E-state index >= 15 is 0 Å². The Morgan fingerprint density at radius 3 is 2.58 bits per heavy atom. The Morgan fingerprint density at radius 2 is 2.00 bits per heavy atom. The fourth-order valence-corrected chi connectivity index (χ4v) is 4.07. The van der Waals surface area contributed by atoms with Gasteiger partial charge in [0.15, 0.2) is 0 Å². The average Bonchev–Trinajstić information content (AvgIpc) is 2.46. The molecule has 0 bridgehead atoms. The zero-order valence-corrected chi connectivity index (χ0v) is 11.7. The summed E-state index contributed by atoms with van der Waals surface area (Å²) in [5.41, 5.74) is 0.0393. The number of rotatable bonds is 4. The normalized spacial score (nSPS) is 24.9. The molecule has 1 fully saturated rings. The molecule has 19 heavy (non-hydrogen) atoms. The first kappa shape index (κ1) is 14.1. The maximum Gasteiger partial charge on any atom is 0.269 e. The topological polar surface area (TPSA) is 72.2 Å². The van der Waals surface area contributed by atoms with Crippen molar-refractivity contribution in [1.29, 1.82) is 0 Å². The Bertz CT molecular complexity index is 475. The number of nitrogens with zero attached hydrogens (tertiary/aromatic N) is 1. The van der Waals surface area contributed by atoms with Gasteiger partial charge < -0.3 is 5.32 Å². The molecule has 5 nitrogen and oxygen atoms in total. The van der Waals surface area contributed by atoms with E-state index in [2.05, 4.69) is 5.32 Å². The lowest BCUT2D eigenvalue weighted by Crippen LogP contribution is -2.35. The van der Waals surface area contributed by atoms with Crippen molar-refractivity contribution < 1.29 is 9.13 Å². The van der Waals surface area contributed by atoms with Gasteiger partial charge in [0.2, 0.25) is 0 Å². The standard InChI is InChI=1S/C13H18N2O3S/c1-14-10-3-2-4-13(9-10)19(18)12-7-5-11(6-8-12)15(16)17/h5-8,10,13-14H,2-4,9H2,1H3. The van der Waals surface area contributed by atoms with Crippen molar-refractivity contribution in [3.05, 3.63) is 34.4 Å². The van der Waals surface area contributed by atoms with Gasteiger partial charge in [-0.25, -0.2) is 0 Å². The molecule has 0 spiro atoms. The molecule has 2 rings (SSSR count). The first-order valence-corrected chi connectivity index (χ1v) is 7.65. The molecule has 3 unspecified atom stereocenters. The van der Waals surface area contributed by atoms with E-state index in [9.17, 15) is 14.3 Å². The summed E-state index contributed by atoms with van der Waals surface area (Å²) in [6, 6.07) is 6.49. The lowest BCUT2D eigenvalue weighted by molar-refractivity contribution is -0.384. The van der Waals surface area contributed by atoms with Gasteiger partial charge in [0.05, 0.1) is 15.7 Å². The molecule has 1 aromatic carbocycles. The number of nitro benzene ring substituents is 1. The number of hydrogen-bond donors (Lipinski definition) is 1. The molecule has 3 atom stereocenters. The monoisotopic (exact) mass is 282 g/mol. The Balaban J connectivity index is 2.08. The van der Waals surface area contributed by atoms with E-state index in [4.69, 9.17) is 0 Å².